The molecule has 1 aromatic carbocycles. The van der Waals surface area contributed by atoms with Gasteiger partial charge in [0, 0.05) is 13.1 Å². The summed E-state index contributed by atoms with van der Waals surface area (Å²) in [7, 11) is 0. The molecule has 18 heavy (non-hydrogen) atoms. The number of nitriles is 1. The highest BCUT2D eigenvalue weighted by Gasteiger charge is 2.24. The van der Waals surface area contributed by atoms with Crippen molar-refractivity contribution >= 4 is 5.69 Å². The van der Waals surface area contributed by atoms with Gasteiger partial charge in [0.1, 0.15) is 6.07 Å². The smallest absolute Gasteiger partial charge is 0.101 e. The minimum absolute atomic E-state index is 0.435. The molecule has 2 nitrogen and oxygen atoms in total. The van der Waals surface area contributed by atoms with E-state index in [2.05, 4.69) is 37.8 Å². The maximum atomic E-state index is 9.27. The van der Waals surface area contributed by atoms with Gasteiger partial charge in [0.25, 0.3) is 0 Å². The molecule has 0 unspecified atom stereocenters. The Morgan fingerprint density at radius 2 is 2.00 bits per heavy atom. The van der Waals surface area contributed by atoms with E-state index in [1.54, 1.807) is 0 Å². The standard InChI is InChI=1S/C16H22N2/c1-13-6-4-7-14(12-17)15(13)18-10-5-8-16(2,3)9-11-18/h4,6-7H,5,8-11H2,1-3H3. The molecule has 2 heteroatoms. The van der Waals surface area contributed by atoms with Crippen LogP contribution in [0.3, 0.4) is 0 Å². The Morgan fingerprint density at radius 1 is 1.22 bits per heavy atom. The van der Waals surface area contributed by atoms with Crippen LogP contribution in [0.25, 0.3) is 0 Å². The molecule has 1 aliphatic heterocycles. The van der Waals surface area contributed by atoms with Crippen molar-refractivity contribution in [1.29, 1.82) is 5.26 Å². The Labute approximate surface area is 110 Å². The lowest BCUT2D eigenvalue weighted by atomic mass is 9.85. The lowest BCUT2D eigenvalue weighted by Crippen LogP contribution is -2.26. The molecule has 0 radical (unpaired) electrons. The van der Waals surface area contributed by atoms with E-state index in [0.29, 0.717) is 5.41 Å². The van der Waals surface area contributed by atoms with Crippen molar-refractivity contribution in [3.8, 4) is 6.07 Å². The monoisotopic (exact) mass is 242 g/mol. The summed E-state index contributed by atoms with van der Waals surface area (Å²) in [6.07, 6.45) is 3.69. The quantitative estimate of drug-likeness (QED) is 0.747. The zero-order valence-electron chi connectivity index (χ0n) is 11.7. The third-order valence-electron chi connectivity index (χ3n) is 4.01. The fourth-order valence-electron chi connectivity index (χ4n) is 2.82. The molecule has 1 aromatic rings. The Morgan fingerprint density at radius 3 is 2.72 bits per heavy atom. The first-order chi connectivity index (χ1) is 8.53. The second kappa shape index (κ2) is 5.02. The van der Waals surface area contributed by atoms with Gasteiger partial charge in [-0.15, -0.1) is 0 Å². The molecule has 0 atom stereocenters. The van der Waals surface area contributed by atoms with Crippen molar-refractivity contribution in [2.75, 3.05) is 18.0 Å². The third kappa shape index (κ3) is 2.67. The summed E-state index contributed by atoms with van der Waals surface area (Å²) in [6, 6.07) is 8.34. The van der Waals surface area contributed by atoms with Crippen LogP contribution in [0.15, 0.2) is 18.2 Å². The van der Waals surface area contributed by atoms with E-state index in [0.717, 1.165) is 24.3 Å². The van der Waals surface area contributed by atoms with E-state index in [9.17, 15) is 5.26 Å². The average molecular weight is 242 g/mol. The maximum Gasteiger partial charge on any atom is 0.101 e. The lowest BCUT2D eigenvalue weighted by molar-refractivity contribution is 0.325. The third-order valence-corrected chi connectivity index (χ3v) is 4.01. The summed E-state index contributed by atoms with van der Waals surface area (Å²) in [4.78, 5) is 2.41. The van der Waals surface area contributed by atoms with E-state index >= 15 is 0 Å². The van der Waals surface area contributed by atoms with Crippen molar-refractivity contribution in [1.82, 2.24) is 0 Å². The van der Waals surface area contributed by atoms with Gasteiger partial charge in [0.2, 0.25) is 0 Å². The van der Waals surface area contributed by atoms with Crippen LogP contribution in [0, 0.1) is 23.7 Å². The van der Waals surface area contributed by atoms with Gasteiger partial charge in [-0.25, -0.2) is 0 Å². The van der Waals surface area contributed by atoms with Crippen LogP contribution in [0.1, 0.15) is 44.2 Å². The molecule has 1 fully saturated rings. The molecule has 0 saturated carbocycles. The van der Waals surface area contributed by atoms with Crippen molar-refractivity contribution in [2.24, 2.45) is 5.41 Å². The molecule has 0 aromatic heterocycles. The van der Waals surface area contributed by atoms with Crippen LogP contribution in [0.4, 0.5) is 5.69 Å². The zero-order chi connectivity index (χ0) is 13.2. The molecule has 0 aliphatic carbocycles. The summed E-state index contributed by atoms with van der Waals surface area (Å²) >= 11 is 0. The van der Waals surface area contributed by atoms with E-state index in [-0.39, 0.29) is 0 Å². The van der Waals surface area contributed by atoms with Gasteiger partial charge in [-0.1, -0.05) is 26.0 Å². The molecule has 0 bridgehead atoms. The molecule has 96 valence electrons. The highest BCUT2D eigenvalue weighted by Crippen LogP contribution is 2.33. The van der Waals surface area contributed by atoms with Gasteiger partial charge in [-0.2, -0.15) is 5.26 Å². The number of nitrogens with zero attached hydrogens (tertiary/aromatic N) is 2. The first-order valence-corrected chi connectivity index (χ1v) is 6.78. The molecule has 0 spiro atoms. The summed E-state index contributed by atoms with van der Waals surface area (Å²) in [5.74, 6) is 0. The molecule has 0 amide bonds. The van der Waals surface area contributed by atoms with Crippen LogP contribution in [-0.4, -0.2) is 13.1 Å². The predicted molar refractivity (Wildman–Crippen MR) is 75.7 cm³/mol. The molecular weight excluding hydrogens is 220 g/mol. The number of rotatable bonds is 1. The Bertz CT molecular complexity index is 468. The minimum atomic E-state index is 0.435. The van der Waals surface area contributed by atoms with Crippen molar-refractivity contribution in [3.63, 3.8) is 0 Å². The molecule has 2 rings (SSSR count). The number of aryl methyl sites for hydroxylation is 1. The summed E-state index contributed by atoms with van der Waals surface area (Å²) < 4.78 is 0. The molecule has 1 saturated heterocycles. The number of para-hydroxylation sites is 1. The highest BCUT2D eigenvalue weighted by molar-refractivity contribution is 5.64. The van der Waals surface area contributed by atoms with Crippen LogP contribution < -0.4 is 4.90 Å². The summed E-state index contributed by atoms with van der Waals surface area (Å²) in [5, 5.41) is 9.27. The van der Waals surface area contributed by atoms with E-state index in [1.165, 1.54) is 24.8 Å². The predicted octanol–water partition coefficient (Wildman–Crippen LogP) is 3.88. The van der Waals surface area contributed by atoms with Crippen LogP contribution in [0.5, 0.6) is 0 Å². The van der Waals surface area contributed by atoms with Gasteiger partial charge in [0.05, 0.1) is 11.3 Å². The summed E-state index contributed by atoms with van der Waals surface area (Å²) in [6.45, 7) is 8.93. The fourth-order valence-corrected chi connectivity index (χ4v) is 2.82. The van der Waals surface area contributed by atoms with Crippen LogP contribution in [-0.2, 0) is 0 Å². The van der Waals surface area contributed by atoms with Gasteiger partial charge in [-0.05, 0) is 43.2 Å². The normalized spacial score (nSPS) is 19.1. The SMILES string of the molecule is Cc1cccc(C#N)c1N1CCCC(C)(C)CC1. The highest BCUT2D eigenvalue weighted by atomic mass is 15.1. The lowest BCUT2D eigenvalue weighted by Gasteiger charge is -2.27. The Balaban J connectivity index is 2.30. The Hall–Kier alpha value is -1.49. The van der Waals surface area contributed by atoms with E-state index in [4.69, 9.17) is 0 Å². The minimum Gasteiger partial charge on any atom is -0.370 e. The topological polar surface area (TPSA) is 27.0 Å². The first-order valence-electron chi connectivity index (χ1n) is 6.78. The van der Waals surface area contributed by atoms with Crippen LogP contribution >= 0.6 is 0 Å². The number of benzene rings is 1. The average Bonchev–Trinajstić information content (AvgIpc) is 2.50. The van der Waals surface area contributed by atoms with Crippen molar-refractivity contribution < 1.29 is 0 Å². The number of hydrogen-bond donors (Lipinski definition) is 0. The molecule has 1 aliphatic rings. The largest absolute Gasteiger partial charge is 0.370 e. The van der Waals surface area contributed by atoms with Gasteiger partial charge < -0.3 is 4.90 Å². The Kier molecular flexibility index (Phi) is 3.61. The van der Waals surface area contributed by atoms with Gasteiger partial charge in [0.15, 0.2) is 0 Å². The molecule has 0 N–H and O–H groups in total. The second-order valence-corrected chi connectivity index (χ2v) is 6.09. The van der Waals surface area contributed by atoms with Gasteiger partial charge >= 0.3 is 0 Å². The van der Waals surface area contributed by atoms with Gasteiger partial charge in [-0.3, -0.25) is 0 Å². The van der Waals surface area contributed by atoms with Crippen LogP contribution in [0.2, 0.25) is 0 Å². The zero-order valence-corrected chi connectivity index (χ0v) is 11.7. The van der Waals surface area contributed by atoms with E-state index < -0.39 is 0 Å². The second-order valence-electron chi connectivity index (χ2n) is 6.09. The van der Waals surface area contributed by atoms with Crippen molar-refractivity contribution in [3.05, 3.63) is 29.3 Å². The summed E-state index contributed by atoms with van der Waals surface area (Å²) in [5.41, 5.74) is 3.62. The van der Waals surface area contributed by atoms with E-state index in [1.807, 2.05) is 12.1 Å². The first kappa shape index (κ1) is 13.0. The molecular formula is C16H22N2. The fraction of sp³-hybridized carbons (Fsp3) is 0.562. The number of anilines is 1. The van der Waals surface area contributed by atoms with Crippen molar-refractivity contribution in [2.45, 2.75) is 40.0 Å². The molecule has 1 heterocycles. The maximum absolute atomic E-state index is 9.27. The number of hydrogen-bond acceptors (Lipinski definition) is 2.